The summed E-state index contributed by atoms with van der Waals surface area (Å²) in [5.74, 6) is -0.728. The monoisotopic (exact) mass is 188 g/mol. The van der Waals surface area contributed by atoms with Gasteiger partial charge in [-0.25, -0.2) is 4.79 Å². The van der Waals surface area contributed by atoms with Crippen LogP contribution in [0.15, 0.2) is 48.4 Å². The molecule has 2 rings (SSSR count). The average Bonchev–Trinajstić information content (AvgIpc) is 2.43. The molecule has 0 saturated carbocycles. The molecule has 0 fully saturated rings. The van der Waals surface area contributed by atoms with E-state index in [4.69, 9.17) is 0 Å². The van der Waals surface area contributed by atoms with Crippen LogP contribution in [0.3, 0.4) is 0 Å². The molecular formula is C11H8O3. The van der Waals surface area contributed by atoms with E-state index in [1.807, 2.05) is 6.07 Å². The molecule has 1 heterocycles. The van der Waals surface area contributed by atoms with Crippen molar-refractivity contribution < 1.29 is 14.6 Å². The van der Waals surface area contributed by atoms with Gasteiger partial charge in [0, 0.05) is 0 Å². The van der Waals surface area contributed by atoms with Gasteiger partial charge >= 0.3 is 5.97 Å². The van der Waals surface area contributed by atoms with E-state index in [0.29, 0.717) is 5.56 Å². The lowest BCUT2D eigenvalue weighted by atomic mass is 10.1. The molecule has 1 aliphatic heterocycles. The number of cyclic esters (lactones) is 1. The minimum absolute atomic E-state index is 0.00820. The molecule has 14 heavy (non-hydrogen) atoms. The predicted molar refractivity (Wildman–Crippen MR) is 51.2 cm³/mol. The fourth-order valence-electron chi connectivity index (χ4n) is 1.31. The van der Waals surface area contributed by atoms with Crippen molar-refractivity contribution in [1.82, 2.24) is 0 Å². The highest BCUT2D eigenvalue weighted by molar-refractivity contribution is 6.20. The second kappa shape index (κ2) is 3.03. The number of hydrogen-bond donors (Lipinski definition) is 1. The Morgan fingerprint density at radius 1 is 1.21 bits per heavy atom. The number of hydrogen-bond acceptors (Lipinski definition) is 3. The summed E-state index contributed by atoms with van der Waals surface area (Å²) in [5, 5.41) is 9.52. The number of aliphatic hydroxyl groups excluding tert-OH is 1. The van der Waals surface area contributed by atoms with Gasteiger partial charge in [0.2, 0.25) is 0 Å². The van der Waals surface area contributed by atoms with Crippen molar-refractivity contribution >= 4 is 11.5 Å². The van der Waals surface area contributed by atoms with Crippen molar-refractivity contribution in [2.45, 2.75) is 0 Å². The van der Waals surface area contributed by atoms with Crippen LogP contribution in [0.1, 0.15) is 5.56 Å². The molecule has 1 N–H and O–H groups in total. The third-order valence-corrected chi connectivity index (χ3v) is 1.98. The minimum Gasteiger partial charge on any atom is -0.504 e. The number of carbonyl (C=O) groups excluding carboxylic acids is 1. The van der Waals surface area contributed by atoms with E-state index in [1.54, 1.807) is 24.3 Å². The second-order valence-electron chi connectivity index (χ2n) is 2.90. The highest BCUT2D eigenvalue weighted by atomic mass is 16.6. The van der Waals surface area contributed by atoms with Crippen molar-refractivity contribution in [2.75, 3.05) is 0 Å². The fraction of sp³-hybridized carbons (Fsp3) is 0. The Labute approximate surface area is 80.9 Å². The fourth-order valence-corrected chi connectivity index (χ4v) is 1.31. The summed E-state index contributed by atoms with van der Waals surface area (Å²) in [6.45, 7) is 3.41. The quantitative estimate of drug-likeness (QED) is 0.686. The van der Waals surface area contributed by atoms with Crippen LogP contribution >= 0.6 is 0 Å². The van der Waals surface area contributed by atoms with E-state index in [0.717, 1.165) is 0 Å². The van der Waals surface area contributed by atoms with Crippen LogP contribution in [0.4, 0.5) is 0 Å². The standard InChI is InChI=1S/C11H8O3/c1-7-10(12)9(11(13)14-7)8-5-3-2-4-6-8/h2-6,12H,1H2. The summed E-state index contributed by atoms with van der Waals surface area (Å²) >= 11 is 0. The lowest BCUT2D eigenvalue weighted by Gasteiger charge is -1.97. The summed E-state index contributed by atoms with van der Waals surface area (Å²) in [6.07, 6.45) is 0. The Bertz CT molecular complexity index is 429. The van der Waals surface area contributed by atoms with Crippen LogP contribution < -0.4 is 0 Å². The smallest absolute Gasteiger partial charge is 0.348 e. The van der Waals surface area contributed by atoms with E-state index in [-0.39, 0.29) is 17.1 Å². The third-order valence-electron chi connectivity index (χ3n) is 1.98. The molecule has 3 nitrogen and oxygen atoms in total. The summed E-state index contributed by atoms with van der Waals surface area (Å²) in [6, 6.07) is 8.85. The maximum Gasteiger partial charge on any atom is 0.348 e. The molecule has 0 radical (unpaired) electrons. The molecule has 0 amide bonds. The van der Waals surface area contributed by atoms with Crippen molar-refractivity contribution in [1.29, 1.82) is 0 Å². The zero-order chi connectivity index (χ0) is 10.1. The van der Waals surface area contributed by atoms with E-state index in [9.17, 15) is 9.90 Å². The van der Waals surface area contributed by atoms with Gasteiger partial charge in [-0.15, -0.1) is 0 Å². The largest absolute Gasteiger partial charge is 0.504 e. The summed E-state index contributed by atoms with van der Waals surface area (Å²) in [7, 11) is 0. The summed E-state index contributed by atoms with van der Waals surface area (Å²) < 4.78 is 4.68. The van der Waals surface area contributed by atoms with Gasteiger partial charge in [-0.2, -0.15) is 0 Å². The Morgan fingerprint density at radius 2 is 1.86 bits per heavy atom. The summed E-state index contributed by atoms with van der Waals surface area (Å²) in [5.41, 5.74) is 0.809. The van der Waals surface area contributed by atoms with Gasteiger partial charge in [0.05, 0.1) is 0 Å². The van der Waals surface area contributed by atoms with Gasteiger partial charge in [0.25, 0.3) is 0 Å². The van der Waals surface area contributed by atoms with E-state index in [1.165, 1.54) is 0 Å². The van der Waals surface area contributed by atoms with Crippen LogP contribution in [-0.4, -0.2) is 11.1 Å². The van der Waals surface area contributed by atoms with Crippen LogP contribution in [0, 0.1) is 0 Å². The van der Waals surface area contributed by atoms with Gasteiger partial charge in [-0.3, -0.25) is 0 Å². The molecule has 3 heteroatoms. The zero-order valence-electron chi connectivity index (χ0n) is 7.36. The van der Waals surface area contributed by atoms with Crippen LogP contribution in [-0.2, 0) is 9.53 Å². The first-order valence-electron chi connectivity index (χ1n) is 4.10. The maximum absolute atomic E-state index is 11.3. The van der Waals surface area contributed by atoms with Crippen molar-refractivity contribution in [3.8, 4) is 0 Å². The first kappa shape index (κ1) is 8.56. The number of ether oxygens (including phenoxy) is 1. The second-order valence-corrected chi connectivity index (χ2v) is 2.90. The van der Waals surface area contributed by atoms with Gasteiger partial charge in [0.15, 0.2) is 11.5 Å². The molecule has 1 aromatic rings. The number of aliphatic hydroxyl groups is 1. The van der Waals surface area contributed by atoms with E-state index < -0.39 is 5.97 Å². The number of esters is 1. The molecule has 0 spiro atoms. The Morgan fingerprint density at radius 3 is 2.36 bits per heavy atom. The molecule has 0 aliphatic carbocycles. The number of rotatable bonds is 1. The predicted octanol–water partition coefficient (Wildman–Crippen LogP) is 2.03. The number of benzene rings is 1. The molecule has 0 saturated heterocycles. The first-order chi connectivity index (χ1) is 6.70. The normalized spacial score (nSPS) is 16.0. The van der Waals surface area contributed by atoms with Gasteiger partial charge in [-0.05, 0) is 5.56 Å². The average molecular weight is 188 g/mol. The highest BCUT2D eigenvalue weighted by Crippen LogP contribution is 2.29. The van der Waals surface area contributed by atoms with Crippen molar-refractivity contribution in [2.24, 2.45) is 0 Å². The maximum atomic E-state index is 11.3. The van der Waals surface area contributed by atoms with Gasteiger partial charge < -0.3 is 9.84 Å². The van der Waals surface area contributed by atoms with E-state index >= 15 is 0 Å². The van der Waals surface area contributed by atoms with Crippen LogP contribution in [0.2, 0.25) is 0 Å². The molecule has 1 aliphatic rings. The minimum atomic E-state index is -0.557. The van der Waals surface area contributed by atoms with Crippen LogP contribution in [0.5, 0.6) is 0 Å². The third kappa shape index (κ3) is 1.19. The highest BCUT2D eigenvalue weighted by Gasteiger charge is 2.29. The van der Waals surface area contributed by atoms with Gasteiger partial charge in [-0.1, -0.05) is 36.9 Å². The molecule has 0 atom stereocenters. The Balaban J connectivity index is 2.54. The molecule has 0 unspecified atom stereocenters. The SMILES string of the molecule is C=C1OC(=O)C(c2ccccc2)=C1O. The topological polar surface area (TPSA) is 46.5 Å². The Hall–Kier alpha value is -2.03. The summed E-state index contributed by atoms with van der Waals surface area (Å²) in [4.78, 5) is 11.3. The van der Waals surface area contributed by atoms with Crippen molar-refractivity contribution in [3.05, 3.63) is 54.0 Å². The van der Waals surface area contributed by atoms with Gasteiger partial charge in [0.1, 0.15) is 5.57 Å². The van der Waals surface area contributed by atoms with Crippen LogP contribution in [0.25, 0.3) is 5.57 Å². The zero-order valence-corrected chi connectivity index (χ0v) is 7.36. The van der Waals surface area contributed by atoms with E-state index in [2.05, 4.69) is 11.3 Å². The number of carbonyl (C=O) groups is 1. The lowest BCUT2D eigenvalue weighted by molar-refractivity contribution is -0.131. The van der Waals surface area contributed by atoms with Crippen molar-refractivity contribution in [3.63, 3.8) is 0 Å². The lowest BCUT2D eigenvalue weighted by Crippen LogP contribution is -1.97. The molecule has 1 aromatic carbocycles. The first-order valence-corrected chi connectivity index (χ1v) is 4.10. The molecule has 70 valence electrons. The molecular weight excluding hydrogens is 180 g/mol. The molecule has 0 aromatic heterocycles. The molecule has 0 bridgehead atoms. The Kier molecular flexibility index (Phi) is 1.85.